The van der Waals surface area contributed by atoms with Gasteiger partial charge in [-0.2, -0.15) is 0 Å². The first-order chi connectivity index (χ1) is 20.5. The molecule has 0 bridgehead atoms. The molecule has 0 saturated carbocycles. The van der Waals surface area contributed by atoms with Gasteiger partial charge in [0.05, 0.1) is 24.5 Å². The summed E-state index contributed by atoms with van der Waals surface area (Å²) in [6.45, 7) is 8.55. The first-order valence-electron chi connectivity index (χ1n) is 15.3. The fourth-order valence-electron chi connectivity index (χ4n) is 4.44. The van der Waals surface area contributed by atoms with Crippen molar-refractivity contribution in [2.45, 2.75) is 84.5 Å². The molecule has 0 radical (unpaired) electrons. The fourth-order valence-corrected chi connectivity index (χ4v) is 4.44. The van der Waals surface area contributed by atoms with Crippen molar-refractivity contribution in [3.8, 4) is 22.8 Å². The van der Waals surface area contributed by atoms with E-state index in [1.807, 2.05) is 24.4 Å². The van der Waals surface area contributed by atoms with E-state index < -0.39 is 5.97 Å². The number of pyridine rings is 1. The molecule has 0 fully saturated rings. The Morgan fingerprint density at radius 3 is 2.00 bits per heavy atom. The molecule has 1 heterocycles. The van der Waals surface area contributed by atoms with E-state index in [-0.39, 0.29) is 5.97 Å². The fraction of sp³-hybridized carbons (Fsp3) is 0.417. The number of hydrogen-bond donors (Lipinski definition) is 0. The molecule has 0 N–H and O–H groups in total. The summed E-state index contributed by atoms with van der Waals surface area (Å²) in [5.41, 5.74) is 4.06. The molecule has 0 aliphatic carbocycles. The van der Waals surface area contributed by atoms with Crippen LogP contribution in [0.3, 0.4) is 0 Å². The number of hydrogen-bond acceptors (Lipinski definition) is 6. The molecular formula is C36H45NO5. The van der Waals surface area contributed by atoms with E-state index >= 15 is 0 Å². The number of aromatic nitrogens is 1. The second-order valence-electron chi connectivity index (χ2n) is 10.7. The first-order valence-corrected chi connectivity index (χ1v) is 15.3. The molecule has 0 unspecified atom stereocenters. The van der Waals surface area contributed by atoms with Crippen molar-refractivity contribution in [1.82, 2.24) is 4.98 Å². The van der Waals surface area contributed by atoms with Crippen LogP contribution in [0.4, 0.5) is 0 Å². The Bertz CT molecular complexity index is 1230. The van der Waals surface area contributed by atoms with E-state index in [9.17, 15) is 9.59 Å². The van der Waals surface area contributed by atoms with Crippen LogP contribution in [0.1, 0.15) is 94.0 Å². The lowest BCUT2D eigenvalue weighted by molar-refractivity contribution is -0.139. The monoisotopic (exact) mass is 571 g/mol. The van der Waals surface area contributed by atoms with E-state index in [1.165, 1.54) is 24.8 Å². The third kappa shape index (κ3) is 11.9. The number of unbranched alkanes of at least 4 members (excludes halogenated alkanes) is 8. The molecule has 224 valence electrons. The van der Waals surface area contributed by atoms with Crippen LogP contribution >= 0.6 is 0 Å². The van der Waals surface area contributed by atoms with Gasteiger partial charge in [0.15, 0.2) is 0 Å². The van der Waals surface area contributed by atoms with Crippen molar-refractivity contribution in [3.05, 3.63) is 90.1 Å². The van der Waals surface area contributed by atoms with Gasteiger partial charge in [0.2, 0.25) is 0 Å². The van der Waals surface area contributed by atoms with Crippen molar-refractivity contribution >= 4 is 11.9 Å². The lowest BCUT2D eigenvalue weighted by atomic mass is 10.1. The summed E-state index contributed by atoms with van der Waals surface area (Å²) >= 11 is 0. The number of esters is 2. The largest absolute Gasteiger partial charge is 0.494 e. The molecule has 0 spiro atoms. The van der Waals surface area contributed by atoms with Crippen molar-refractivity contribution in [2.75, 3.05) is 13.2 Å². The quantitative estimate of drug-likeness (QED) is 0.0619. The lowest BCUT2D eigenvalue weighted by Gasteiger charge is -2.08. The molecule has 0 amide bonds. The standard InChI is InChI=1S/C36H45NO5/c1-4-5-11-14-29-15-24-34(37-27-29)30-16-22-33(23-17-30)42-36(39)31-18-20-32(21-19-31)40-25-12-9-7-6-8-10-13-26-41-35(38)28(2)3/h15-24,27H,2,4-14,25-26H2,1,3H3. The SMILES string of the molecule is C=C(C)C(=O)OCCCCCCCCCOc1ccc(C(=O)Oc2ccc(-c3ccc(CCCCC)cn3)cc2)cc1. The van der Waals surface area contributed by atoms with Crippen LogP contribution in [0.5, 0.6) is 11.5 Å². The molecule has 0 atom stereocenters. The van der Waals surface area contributed by atoms with E-state index in [2.05, 4.69) is 24.6 Å². The highest BCUT2D eigenvalue weighted by atomic mass is 16.5. The summed E-state index contributed by atoms with van der Waals surface area (Å²) in [6.07, 6.45) is 14.1. The predicted octanol–water partition coefficient (Wildman–Crippen LogP) is 8.93. The van der Waals surface area contributed by atoms with E-state index in [0.717, 1.165) is 68.4 Å². The van der Waals surface area contributed by atoms with Crippen LogP contribution < -0.4 is 9.47 Å². The van der Waals surface area contributed by atoms with Gasteiger partial charge in [-0.05, 0) is 92.8 Å². The van der Waals surface area contributed by atoms with Gasteiger partial charge in [0, 0.05) is 17.3 Å². The molecule has 6 nitrogen and oxygen atoms in total. The zero-order valence-corrected chi connectivity index (χ0v) is 25.2. The van der Waals surface area contributed by atoms with Gasteiger partial charge in [-0.15, -0.1) is 0 Å². The predicted molar refractivity (Wildman–Crippen MR) is 168 cm³/mol. The minimum Gasteiger partial charge on any atom is -0.494 e. The molecule has 0 saturated heterocycles. The second-order valence-corrected chi connectivity index (χ2v) is 10.7. The van der Waals surface area contributed by atoms with Crippen LogP contribution in [0.15, 0.2) is 79.0 Å². The van der Waals surface area contributed by atoms with E-state index in [4.69, 9.17) is 14.2 Å². The van der Waals surface area contributed by atoms with Gasteiger partial charge in [0.25, 0.3) is 0 Å². The zero-order valence-electron chi connectivity index (χ0n) is 25.2. The van der Waals surface area contributed by atoms with Crippen molar-refractivity contribution in [1.29, 1.82) is 0 Å². The number of carbonyl (C=O) groups is 2. The molecule has 2 aromatic carbocycles. The Kier molecular flexibility index (Phi) is 14.3. The van der Waals surface area contributed by atoms with Gasteiger partial charge in [0.1, 0.15) is 11.5 Å². The molecule has 3 aromatic rings. The van der Waals surface area contributed by atoms with Crippen molar-refractivity contribution < 1.29 is 23.8 Å². The molecule has 0 aliphatic rings. The number of aryl methyl sites for hydroxylation is 1. The van der Waals surface area contributed by atoms with Crippen molar-refractivity contribution in [3.63, 3.8) is 0 Å². The van der Waals surface area contributed by atoms with Gasteiger partial charge in [-0.25, -0.2) is 9.59 Å². The van der Waals surface area contributed by atoms with Crippen LogP contribution in [0.2, 0.25) is 0 Å². The normalized spacial score (nSPS) is 10.7. The maximum atomic E-state index is 12.6. The van der Waals surface area contributed by atoms with Gasteiger partial charge < -0.3 is 14.2 Å². The summed E-state index contributed by atoms with van der Waals surface area (Å²) in [5, 5.41) is 0. The number of rotatable bonds is 19. The summed E-state index contributed by atoms with van der Waals surface area (Å²) in [7, 11) is 0. The Morgan fingerprint density at radius 2 is 1.38 bits per heavy atom. The maximum absolute atomic E-state index is 12.6. The van der Waals surface area contributed by atoms with Crippen molar-refractivity contribution in [2.24, 2.45) is 0 Å². The number of benzene rings is 2. The molecule has 0 aliphatic heterocycles. The molecule has 1 aromatic heterocycles. The zero-order chi connectivity index (χ0) is 30.0. The Hall–Kier alpha value is -3.93. The summed E-state index contributed by atoms with van der Waals surface area (Å²) < 4.78 is 16.5. The van der Waals surface area contributed by atoms with E-state index in [0.29, 0.717) is 30.1 Å². The highest BCUT2D eigenvalue weighted by Gasteiger charge is 2.10. The van der Waals surface area contributed by atoms with Crippen LogP contribution in [0.25, 0.3) is 11.3 Å². The summed E-state index contributed by atoms with van der Waals surface area (Å²) in [4.78, 5) is 28.5. The van der Waals surface area contributed by atoms with Crippen LogP contribution in [-0.2, 0) is 16.0 Å². The smallest absolute Gasteiger partial charge is 0.343 e. The molecule has 42 heavy (non-hydrogen) atoms. The maximum Gasteiger partial charge on any atom is 0.343 e. The Labute approximate surface area is 251 Å². The summed E-state index contributed by atoms with van der Waals surface area (Å²) in [5.74, 6) is 0.521. The van der Waals surface area contributed by atoms with E-state index in [1.54, 1.807) is 43.3 Å². The topological polar surface area (TPSA) is 74.7 Å². The van der Waals surface area contributed by atoms with Gasteiger partial charge >= 0.3 is 11.9 Å². The number of nitrogens with zero attached hydrogens (tertiary/aromatic N) is 1. The van der Waals surface area contributed by atoms with Crippen LogP contribution in [0, 0.1) is 0 Å². The van der Waals surface area contributed by atoms with Crippen LogP contribution in [-0.4, -0.2) is 30.1 Å². The minimum atomic E-state index is -0.405. The average molecular weight is 572 g/mol. The average Bonchev–Trinajstić information content (AvgIpc) is 3.01. The second kappa shape index (κ2) is 18.5. The Balaban J connectivity index is 1.30. The molecular weight excluding hydrogens is 526 g/mol. The lowest BCUT2D eigenvalue weighted by Crippen LogP contribution is -2.08. The highest BCUT2D eigenvalue weighted by molar-refractivity contribution is 5.91. The highest BCUT2D eigenvalue weighted by Crippen LogP contribution is 2.23. The summed E-state index contributed by atoms with van der Waals surface area (Å²) in [6, 6.07) is 18.7. The number of carbonyl (C=O) groups excluding carboxylic acids is 2. The number of ether oxygens (including phenoxy) is 3. The molecule has 3 rings (SSSR count). The van der Waals surface area contributed by atoms with Gasteiger partial charge in [-0.3, -0.25) is 4.98 Å². The Morgan fingerprint density at radius 1 is 0.738 bits per heavy atom. The third-order valence-corrected chi connectivity index (χ3v) is 6.98. The third-order valence-electron chi connectivity index (χ3n) is 6.98. The first kappa shape index (κ1) is 32.6. The molecule has 6 heteroatoms. The van der Waals surface area contributed by atoms with Gasteiger partial charge in [-0.1, -0.05) is 64.5 Å². The minimum absolute atomic E-state index is 0.307.